The molecule has 0 saturated carbocycles. The number of nitrogens with one attached hydrogen (secondary N) is 1. The summed E-state index contributed by atoms with van der Waals surface area (Å²) >= 11 is 0. The molecule has 0 aliphatic rings. The average Bonchev–Trinajstić information content (AvgIpc) is 2.64. The predicted molar refractivity (Wildman–Crippen MR) is 65.0 cm³/mol. The number of hydrogen-bond acceptors (Lipinski definition) is 1. The van der Waals surface area contributed by atoms with Crippen molar-refractivity contribution in [2.24, 2.45) is 7.05 Å². The van der Waals surface area contributed by atoms with Crippen LogP contribution in [0, 0.1) is 0 Å². The fourth-order valence-electron chi connectivity index (χ4n) is 1.77. The monoisotopic (exact) mass is 214 g/mol. The molecule has 0 radical (unpaired) electrons. The van der Waals surface area contributed by atoms with Gasteiger partial charge in [0, 0.05) is 18.3 Å². The summed E-state index contributed by atoms with van der Waals surface area (Å²) in [6, 6.07) is 10.2. The van der Waals surface area contributed by atoms with Crippen molar-refractivity contribution in [3.63, 3.8) is 0 Å². The van der Waals surface area contributed by atoms with Crippen LogP contribution in [-0.2, 0) is 18.4 Å². The van der Waals surface area contributed by atoms with E-state index in [-0.39, 0.29) is 5.91 Å². The zero-order chi connectivity index (χ0) is 11.5. The number of para-hydroxylation sites is 1. The van der Waals surface area contributed by atoms with E-state index in [9.17, 15) is 4.79 Å². The van der Waals surface area contributed by atoms with Crippen molar-refractivity contribution in [2.75, 3.05) is 0 Å². The van der Waals surface area contributed by atoms with Crippen molar-refractivity contribution in [3.8, 4) is 0 Å². The van der Waals surface area contributed by atoms with Gasteiger partial charge < -0.3 is 9.88 Å². The molecule has 1 aromatic carbocycles. The Bertz CT molecular complexity index is 540. The Morgan fingerprint density at radius 2 is 2.25 bits per heavy atom. The Kier molecular flexibility index (Phi) is 2.77. The van der Waals surface area contributed by atoms with Gasteiger partial charge in [-0.25, -0.2) is 0 Å². The lowest BCUT2D eigenvalue weighted by atomic mass is 10.2. The number of fused-ring (bicyclic) bond motifs is 1. The lowest BCUT2D eigenvalue weighted by Gasteiger charge is -2.04. The molecule has 0 spiro atoms. The van der Waals surface area contributed by atoms with Gasteiger partial charge in [0.2, 0.25) is 5.91 Å². The predicted octanol–water partition coefficient (Wildman–Crippen LogP) is 1.98. The Labute approximate surface area is 94.4 Å². The van der Waals surface area contributed by atoms with Crippen LogP contribution in [0.5, 0.6) is 0 Å². The first kappa shape index (κ1) is 10.5. The highest BCUT2D eigenvalue weighted by atomic mass is 16.1. The van der Waals surface area contributed by atoms with Gasteiger partial charge in [0.15, 0.2) is 0 Å². The molecule has 0 bridgehead atoms. The zero-order valence-electron chi connectivity index (χ0n) is 9.23. The minimum absolute atomic E-state index is 0.148. The second-order valence-corrected chi connectivity index (χ2v) is 3.68. The largest absolute Gasteiger partial charge is 0.347 e. The van der Waals surface area contributed by atoms with Crippen molar-refractivity contribution in [3.05, 3.63) is 48.7 Å². The number of amides is 1. The normalized spacial score (nSPS) is 10.3. The number of aryl methyl sites for hydroxylation is 1. The van der Waals surface area contributed by atoms with E-state index in [1.54, 1.807) is 0 Å². The summed E-state index contributed by atoms with van der Waals surface area (Å²) in [5.41, 5.74) is 2.25. The first-order valence-electron chi connectivity index (χ1n) is 5.16. The van der Waals surface area contributed by atoms with Crippen molar-refractivity contribution in [1.82, 2.24) is 9.88 Å². The summed E-state index contributed by atoms with van der Waals surface area (Å²) in [5, 5.41) is 3.96. The summed E-state index contributed by atoms with van der Waals surface area (Å²) in [4.78, 5) is 11.1. The molecule has 1 aromatic heterocycles. The molecular formula is C13H14N2O. The lowest BCUT2D eigenvalue weighted by molar-refractivity contribution is -0.116. The van der Waals surface area contributed by atoms with Gasteiger partial charge in [0.05, 0.1) is 6.54 Å². The van der Waals surface area contributed by atoms with Gasteiger partial charge in [0.25, 0.3) is 0 Å². The highest BCUT2D eigenvalue weighted by Gasteiger charge is 2.05. The zero-order valence-corrected chi connectivity index (χ0v) is 9.23. The van der Waals surface area contributed by atoms with Gasteiger partial charge in [-0.2, -0.15) is 0 Å². The first-order valence-corrected chi connectivity index (χ1v) is 5.16. The Balaban J connectivity index is 2.28. The Morgan fingerprint density at radius 3 is 2.94 bits per heavy atom. The van der Waals surface area contributed by atoms with Gasteiger partial charge in [-0.3, -0.25) is 4.79 Å². The third kappa shape index (κ3) is 1.84. The molecular weight excluding hydrogens is 200 g/mol. The van der Waals surface area contributed by atoms with Gasteiger partial charge in [-0.1, -0.05) is 24.8 Å². The smallest absolute Gasteiger partial charge is 0.243 e. The third-order valence-electron chi connectivity index (χ3n) is 2.68. The van der Waals surface area contributed by atoms with E-state index in [0.29, 0.717) is 6.54 Å². The van der Waals surface area contributed by atoms with E-state index in [1.807, 2.05) is 19.2 Å². The van der Waals surface area contributed by atoms with Gasteiger partial charge in [-0.15, -0.1) is 0 Å². The van der Waals surface area contributed by atoms with E-state index in [2.05, 4.69) is 34.7 Å². The second kappa shape index (κ2) is 4.23. The van der Waals surface area contributed by atoms with E-state index in [1.165, 1.54) is 17.0 Å². The van der Waals surface area contributed by atoms with Crippen molar-refractivity contribution in [1.29, 1.82) is 0 Å². The molecule has 0 fully saturated rings. The molecule has 16 heavy (non-hydrogen) atoms. The second-order valence-electron chi connectivity index (χ2n) is 3.68. The molecule has 1 N–H and O–H groups in total. The third-order valence-corrected chi connectivity index (χ3v) is 2.68. The number of hydrogen-bond donors (Lipinski definition) is 1. The summed E-state index contributed by atoms with van der Waals surface area (Å²) in [7, 11) is 2.00. The van der Waals surface area contributed by atoms with Crippen molar-refractivity contribution < 1.29 is 4.79 Å². The number of rotatable bonds is 3. The minimum Gasteiger partial charge on any atom is -0.347 e. The number of aromatic nitrogens is 1. The Morgan fingerprint density at radius 1 is 1.50 bits per heavy atom. The number of carbonyl (C=O) groups is 1. The molecule has 1 heterocycles. The van der Waals surface area contributed by atoms with Gasteiger partial charge in [0.1, 0.15) is 0 Å². The van der Waals surface area contributed by atoms with Crippen LogP contribution in [0.3, 0.4) is 0 Å². The molecule has 3 nitrogen and oxygen atoms in total. The molecule has 0 unspecified atom stereocenters. The van der Waals surface area contributed by atoms with E-state index >= 15 is 0 Å². The maximum Gasteiger partial charge on any atom is 0.243 e. The molecule has 1 amide bonds. The molecule has 0 saturated heterocycles. The topological polar surface area (TPSA) is 34.0 Å². The molecule has 0 atom stereocenters. The van der Waals surface area contributed by atoms with Crippen LogP contribution >= 0.6 is 0 Å². The van der Waals surface area contributed by atoms with Crippen LogP contribution in [0.4, 0.5) is 0 Å². The number of benzene rings is 1. The van der Waals surface area contributed by atoms with Gasteiger partial charge >= 0.3 is 0 Å². The van der Waals surface area contributed by atoms with E-state index < -0.39 is 0 Å². The van der Waals surface area contributed by atoms with Crippen LogP contribution in [0.15, 0.2) is 43.0 Å². The van der Waals surface area contributed by atoms with Crippen molar-refractivity contribution >= 4 is 16.8 Å². The number of carbonyl (C=O) groups excluding carboxylic acids is 1. The molecule has 82 valence electrons. The molecule has 2 rings (SSSR count). The SMILES string of the molecule is C=CC(=O)NCc1cc2ccccc2n1C. The fourth-order valence-corrected chi connectivity index (χ4v) is 1.77. The fraction of sp³-hybridized carbons (Fsp3) is 0.154. The first-order chi connectivity index (χ1) is 7.72. The van der Waals surface area contributed by atoms with Crippen LogP contribution in [0.25, 0.3) is 10.9 Å². The molecule has 3 heteroatoms. The van der Waals surface area contributed by atoms with Gasteiger partial charge in [-0.05, 0) is 23.6 Å². The highest BCUT2D eigenvalue weighted by Crippen LogP contribution is 2.17. The Hall–Kier alpha value is -2.03. The standard InChI is InChI=1S/C13H14N2O/c1-3-13(16)14-9-11-8-10-6-4-5-7-12(10)15(11)2/h3-8H,1,9H2,2H3,(H,14,16). The van der Waals surface area contributed by atoms with Crippen LogP contribution < -0.4 is 5.32 Å². The number of nitrogens with zero attached hydrogens (tertiary/aromatic N) is 1. The van der Waals surface area contributed by atoms with Crippen LogP contribution in [-0.4, -0.2) is 10.5 Å². The molecule has 0 aliphatic heterocycles. The summed E-state index contributed by atoms with van der Waals surface area (Å²) < 4.78 is 2.08. The van der Waals surface area contributed by atoms with E-state index in [0.717, 1.165) is 5.69 Å². The maximum absolute atomic E-state index is 11.1. The minimum atomic E-state index is -0.148. The average molecular weight is 214 g/mol. The lowest BCUT2D eigenvalue weighted by Crippen LogP contribution is -2.21. The van der Waals surface area contributed by atoms with Crippen LogP contribution in [0.1, 0.15) is 5.69 Å². The molecule has 2 aromatic rings. The maximum atomic E-state index is 11.1. The van der Waals surface area contributed by atoms with Crippen LogP contribution in [0.2, 0.25) is 0 Å². The quantitative estimate of drug-likeness (QED) is 0.779. The molecule has 0 aliphatic carbocycles. The van der Waals surface area contributed by atoms with E-state index in [4.69, 9.17) is 0 Å². The summed E-state index contributed by atoms with van der Waals surface area (Å²) in [6.07, 6.45) is 1.28. The summed E-state index contributed by atoms with van der Waals surface area (Å²) in [5.74, 6) is -0.148. The van der Waals surface area contributed by atoms with Crippen molar-refractivity contribution in [2.45, 2.75) is 6.54 Å². The summed E-state index contributed by atoms with van der Waals surface area (Å²) in [6.45, 7) is 3.94. The highest BCUT2D eigenvalue weighted by molar-refractivity contribution is 5.87.